The minimum absolute atomic E-state index is 0.133. The van der Waals surface area contributed by atoms with Crippen molar-refractivity contribution in [3.05, 3.63) is 35.4 Å². The minimum Gasteiger partial charge on any atom is -0.444 e. The minimum atomic E-state index is -0.844. The second kappa shape index (κ2) is 16.0. The molecule has 0 spiro atoms. The van der Waals surface area contributed by atoms with Gasteiger partial charge in [0, 0.05) is 18.7 Å². The van der Waals surface area contributed by atoms with Crippen LogP contribution in [0.1, 0.15) is 104 Å². The van der Waals surface area contributed by atoms with E-state index in [-0.39, 0.29) is 17.7 Å². The molecule has 0 saturated carbocycles. The number of benzene rings is 1. The molecule has 2 N–H and O–H groups in total. The Hall–Kier alpha value is -3.01. The van der Waals surface area contributed by atoms with E-state index in [4.69, 9.17) is 11.2 Å². The molecule has 2 atom stereocenters. The van der Waals surface area contributed by atoms with E-state index in [0.717, 1.165) is 32.1 Å². The number of nitrogens with zero attached hydrogens (tertiary/aromatic N) is 1. The standard InChI is InChI=1S/C30H47N3O4/c1-9-12-14-20-33(28(35)25(21-22(4)5)32-29(36)37-30(6,7)8)26(27(34)31-19-13-10-2)24-17-15-23(11-3)16-18-24/h3,15-18,22,25-26H,9-10,12-14,19-21H2,1-2,4-8H3,(H,31,34)(H,32,36). The number of carbonyl (C=O) groups excluding carboxylic acids is 3. The molecule has 1 rings (SSSR count). The van der Waals surface area contributed by atoms with Crippen LogP contribution in [0, 0.1) is 18.3 Å². The summed E-state index contributed by atoms with van der Waals surface area (Å²) in [5, 5.41) is 5.78. The zero-order valence-corrected chi connectivity index (χ0v) is 23.9. The summed E-state index contributed by atoms with van der Waals surface area (Å²) in [6, 6.07) is 5.49. The second-order valence-corrected chi connectivity index (χ2v) is 10.9. The summed E-state index contributed by atoms with van der Waals surface area (Å²) in [5.74, 6) is 2.19. The van der Waals surface area contributed by atoms with Crippen LogP contribution in [-0.4, -0.2) is 47.5 Å². The van der Waals surface area contributed by atoms with Crippen LogP contribution in [0.15, 0.2) is 24.3 Å². The molecule has 1 aromatic carbocycles. The maximum absolute atomic E-state index is 14.1. The Labute approximate surface area is 224 Å². The summed E-state index contributed by atoms with van der Waals surface area (Å²) >= 11 is 0. The van der Waals surface area contributed by atoms with Gasteiger partial charge >= 0.3 is 6.09 Å². The SMILES string of the molecule is C#Cc1ccc(C(C(=O)NCCCC)N(CCCCC)C(=O)C(CC(C)C)NC(=O)OC(C)(C)C)cc1. The first-order valence-corrected chi connectivity index (χ1v) is 13.6. The number of alkyl carbamates (subject to hydrolysis) is 1. The van der Waals surface area contributed by atoms with Gasteiger partial charge in [0.1, 0.15) is 17.7 Å². The van der Waals surface area contributed by atoms with Gasteiger partial charge in [0.25, 0.3) is 0 Å². The second-order valence-electron chi connectivity index (χ2n) is 10.9. The van der Waals surface area contributed by atoms with E-state index in [2.05, 4.69) is 30.4 Å². The Balaban J connectivity index is 3.46. The van der Waals surface area contributed by atoms with Gasteiger partial charge in [-0.2, -0.15) is 0 Å². The molecular weight excluding hydrogens is 466 g/mol. The van der Waals surface area contributed by atoms with E-state index in [1.54, 1.807) is 49.9 Å². The Morgan fingerprint density at radius 1 is 1.03 bits per heavy atom. The number of unbranched alkanes of at least 4 members (excludes halogenated alkanes) is 3. The molecule has 1 aromatic rings. The van der Waals surface area contributed by atoms with Crippen LogP contribution in [0.5, 0.6) is 0 Å². The molecule has 0 aliphatic carbocycles. The van der Waals surface area contributed by atoms with Gasteiger partial charge in [-0.1, -0.05) is 65.0 Å². The van der Waals surface area contributed by atoms with Gasteiger partial charge in [0.2, 0.25) is 11.8 Å². The number of hydrogen-bond donors (Lipinski definition) is 2. The highest BCUT2D eigenvalue weighted by Gasteiger charge is 2.36. The summed E-state index contributed by atoms with van der Waals surface area (Å²) in [6.45, 7) is 14.4. The van der Waals surface area contributed by atoms with Crippen molar-refractivity contribution in [2.45, 2.75) is 105 Å². The van der Waals surface area contributed by atoms with E-state index >= 15 is 0 Å². The number of nitrogens with one attached hydrogen (secondary N) is 2. The summed E-state index contributed by atoms with van der Waals surface area (Å²) in [6.07, 6.45) is 9.71. The number of carbonyl (C=O) groups is 3. The average Bonchev–Trinajstić information content (AvgIpc) is 2.81. The summed E-state index contributed by atoms with van der Waals surface area (Å²) in [4.78, 5) is 41.9. The molecule has 3 amide bonds. The first-order valence-electron chi connectivity index (χ1n) is 13.6. The molecule has 2 unspecified atom stereocenters. The number of amides is 3. The van der Waals surface area contributed by atoms with Crippen LogP contribution < -0.4 is 10.6 Å². The van der Waals surface area contributed by atoms with Crippen molar-refractivity contribution in [2.24, 2.45) is 5.92 Å². The highest BCUT2D eigenvalue weighted by molar-refractivity contribution is 5.92. The molecular formula is C30H47N3O4. The average molecular weight is 514 g/mol. The van der Waals surface area contributed by atoms with Crippen molar-refractivity contribution in [2.75, 3.05) is 13.1 Å². The van der Waals surface area contributed by atoms with Crippen molar-refractivity contribution >= 4 is 17.9 Å². The number of terminal acetylenes is 1. The Morgan fingerprint density at radius 3 is 2.16 bits per heavy atom. The lowest BCUT2D eigenvalue weighted by molar-refractivity contribution is -0.143. The smallest absolute Gasteiger partial charge is 0.408 e. The monoisotopic (exact) mass is 513 g/mol. The first kappa shape index (κ1) is 32.0. The molecule has 0 aliphatic rings. The molecule has 0 aliphatic heterocycles. The third-order valence-corrected chi connectivity index (χ3v) is 5.76. The lowest BCUT2D eigenvalue weighted by Crippen LogP contribution is -2.53. The predicted molar refractivity (Wildman–Crippen MR) is 149 cm³/mol. The molecule has 7 heteroatoms. The van der Waals surface area contributed by atoms with Gasteiger partial charge < -0.3 is 20.3 Å². The predicted octanol–water partition coefficient (Wildman–Crippen LogP) is 5.58. The van der Waals surface area contributed by atoms with E-state index in [0.29, 0.717) is 30.6 Å². The van der Waals surface area contributed by atoms with Crippen LogP contribution in [0.25, 0.3) is 0 Å². The maximum atomic E-state index is 14.1. The zero-order valence-electron chi connectivity index (χ0n) is 23.9. The van der Waals surface area contributed by atoms with Gasteiger partial charge in [-0.05, 0) is 63.6 Å². The number of ether oxygens (including phenoxy) is 1. The van der Waals surface area contributed by atoms with Crippen molar-refractivity contribution in [3.8, 4) is 12.3 Å². The first-order chi connectivity index (χ1) is 17.4. The lowest BCUT2D eigenvalue weighted by atomic mass is 9.98. The maximum Gasteiger partial charge on any atom is 0.408 e. The van der Waals surface area contributed by atoms with E-state index < -0.39 is 23.8 Å². The van der Waals surface area contributed by atoms with Crippen molar-refractivity contribution in [1.82, 2.24) is 15.5 Å². The van der Waals surface area contributed by atoms with E-state index in [1.807, 2.05) is 13.8 Å². The van der Waals surface area contributed by atoms with E-state index in [1.165, 1.54) is 0 Å². The Bertz CT molecular complexity index is 897. The van der Waals surface area contributed by atoms with Crippen LogP contribution in [0.2, 0.25) is 0 Å². The number of hydrogen-bond acceptors (Lipinski definition) is 4. The van der Waals surface area contributed by atoms with Gasteiger partial charge in [0.15, 0.2) is 0 Å². The molecule has 0 aromatic heterocycles. The zero-order chi connectivity index (χ0) is 28.0. The molecule has 7 nitrogen and oxygen atoms in total. The molecule has 0 bridgehead atoms. The third kappa shape index (κ3) is 11.7. The molecule has 0 heterocycles. The molecule has 0 saturated heterocycles. The normalized spacial score (nSPS) is 12.8. The topological polar surface area (TPSA) is 87.7 Å². The highest BCUT2D eigenvalue weighted by atomic mass is 16.6. The van der Waals surface area contributed by atoms with Crippen LogP contribution in [0.3, 0.4) is 0 Å². The highest BCUT2D eigenvalue weighted by Crippen LogP contribution is 2.25. The van der Waals surface area contributed by atoms with Crippen molar-refractivity contribution in [1.29, 1.82) is 0 Å². The van der Waals surface area contributed by atoms with Gasteiger partial charge in [-0.25, -0.2) is 4.79 Å². The fourth-order valence-corrected chi connectivity index (χ4v) is 3.96. The van der Waals surface area contributed by atoms with Crippen LogP contribution in [0.4, 0.5) is 4.79 Å². The molecule has 0 fully saturated rings. The lowest BCUT2D eigenvalue weighted by Gasteiger charge is -2.35. The van der Waals surface area contributed by atoms with Crippen molar-refractivity contribution < 1.29 is 19.1 Å². The van der Waals surface area contributed by atoms with Crippen molar-refractivity contribution in [3.63, 3.8) is 0 Å². The fraction of sp³-hybridized carbons (Fsp3) is 0.633. The summed E-state index contributed by atoms with van der Waals surface area (Å²) < 4.78 is 5.44. The summed E-state index contributed by atoms with van der Waals surface area (Å²) in [7, 11) is 0. The van der Waals surface area contributed by atoms with Crippen LogP contribution >= 0.6 is 0 Å². The Kier molecular flexibility index (Phi) is 13.8. The summed E-state index contributed by atoms with van der Waals surface area (Å²) in [5.41, 5.74) is 0.678. The largest absolute Gasteiger partial charge is 0.444 e. The molecule has 37 heavy (non-hydrogen) atoms. The fourth-order valence-electron chi connectivity index (χ4n) is 3.96. The van der Waals surface area contributed by atoms with Gasteiger partial charge in [-0.3, -0.25) is 9.59 Å². The third-order valence-electron chi connectivity index (χ3n) is 5.76. The van der Waals surface area contributed by atoms with Crippen LogP contribution in [-0.2, 0) is 14.3 Å². The van der Waals surface area contributed by atoms with Gasteiger partial charge in [0.05, 0.1) is 0 Å². The molecule has 206 valence electrons. The quantitative estimate of drug-likeness (QED) is 0.251. The van der Waals surface area contributed by atoms with E-state index in [9.17, 15) is 14.4 Å². The molecule has 0 radical (unpaired) electrons. The Morgan fingerprint density at radius 2 is 1.65 bits per heavy atom. The number of rotatable bonds is 14. The van der Waals surface area contributed by atoms with Gasteiger partial charge in [-0.15, -0.1) is 6.42 Å².